The maximum Gasteiger partial charge on any atom is 0.184 e. The lowest BCUT2D eigenvalue weighted by molar-refractivity contribution is -0.157. The van der Waals surface area contributed by atoms with Crippen LogP contribution in [0.2, 0.25) is 43.8 Å². The molecule has 0 radical (unpaired) electrons. The largest absolute Gasteiger partial charge is 0.415 e. The quantitative estimate of drug-likeness (QED) is 0.0627. The normalized spacial score (nSPS) is 9.24. The lowest BCUT2D eigenvalue weighted by Crippen LogP contribution is -2.28. The number of hydrogen-bond donors (Lipinski definition) is 0. The van der Waals surface area contributed by atoms with Crippen molar-refractivity contribution >= 4 is 84.5 Å². The number of ether oxygens (including phenoxy) is 4. The summed E-state index contributed by atoms with van der Waals surface area (Å²) in [5, 5.41) is 6.03. The second-order valence-corrected chi connectivity index (χ2v) is 30.2. The van der Waals surface area contributed by atoms with E-state index in [4.69, 9.17) is 13.9 Å². The van der Waals surface area contributed by atoms with Crippen molar-refractivity contribution in [3.63, 3.8) is 0 Å². The fourth-order valence-electron chi connectivity index (χ4n) is 4.56. The third kappa shape index (κ3) is 81.0. The van der Waals surface area contributed by atoms with Crippen molar-refractivity contribution in [2.24, 2.45) is 0 Å². The summed E-state index contributed by atoms with van der Waals surface area (Å²) in [6.07, 6.45) is 0.404. The molecule has 0 bridgehead atoms. The van der Waals surface area contributed by atoms with Gasteiger partial charge in [-0.3, -0.25) is 0 Å². The van der Waals surface area contributed by atoms with Crippen LogP contribution in [0.1, 0.15) is 90.5 Å². The molecule has 0 saturated carbocycles. The first-order valence-electron chi connectivity index (χ1n) is 23.1. The number of rotatable bonds is 16. The smallest absolute Gasteiger partial charge is 0.184 e. The Kier molecular flexibility index (Phi) is 65.2. The molecule has 0 saturated heterocycles. The van der Waals surface area contributed by atoms with Crippen molar-refractivity contribution in [2.75, 3.05) is 34.6 Å². The maximum absolute atomic E-state index is 9.44. The SMILES string of the molecule is C.CC(C)=O.CC(C)=O.CC(C)=O.CC(C)O[Si](C)(C)C.CC[SiH2]CC.CC[SiH2]CC.COCOCOCOC.c1ccc([SiH2]c2ccccc2)cc1.c1ccc([SiH2]c2ccccc2)cc1. The minimum atomic E-state index is -1.22. The van der Waals surface area contributed by atoms with Crippen molar-refractivity contribution < 1.29 is 37.8 Å². The second kappa shape index (κ2) is 57.9. The van der Waals surface area contributed by atoms with Crippen LogP contribution in [0.25, 0.3) is 0 Å². The van der Waals surface area contributed by atoms with Gasteiger partial charge in [0, 0.05) is 39.4 Å². The van der Waals surface area contributed by atoms with Crippen molar-refractivity contribution in [1.82, 2.24) is 0 Å². The van der Waals surface area contributed by atoms with E-state index in [0.29, 0.717) is 25.1 Å². The molecule has 0 amide bonds. The number of Topliss-reactive ketones (excluding diaryl/α,β-unsaturated/α-hetero) is 3. The van der Waals surface area contributed by atoms with E-state index in [1.165, 1.54) is 86.5 Å². The summed E-state index contributed by atoms with van der Waals surface area (Å²) >= 11 is 0. The molecule has 4 aromatic carbocycles. The molecule has 0 fully saturated rings. The summed E-state index contributed by atoms with van der Waals surface area (Å²) in [5.74, 6) is 0.500. The summed E-state index contributed by atoms with van der Waals surface area (Å²) in [5.41, 5.74) is 0. The van der Waals surface area contributed by atoms with E-state index in [1.807, 2.05) is 0 Å². The number of ketones is 3. The van der Waals surface area contributed by atoms with Crippen molar-refractivity contribution in [3.8, 4) is 0 Å². The van der Waals surface area contributed by atoms with Crippen molar-refractivity contribution in [1.29, 1.82) is 0 Å². The molecule has 4 aromatic rings. The third-order valence-electron chi connectivity index (χ3n) is 6.76. The maximum atomic E-state index is 9.44. The van der Waals surface area contributed by atoms with Crippen LogP contribution >= 0.6 is 0 Å². The average molecular weight is 1000 g/mol. The van der Waals surface area contributed by atoms with Crippen LogP contribution in [0, 0.1) is 0 Å². The van der Waals surface area contributed by atoms with Crippen LogP contribution in [0.5, 0.6) is 0 Å². The highest BCUT2D eigenvalue weighted by atomic mass is 28.4. The Bertz CT molecular complexity index is 1340. The zero-order valence-corrected chi connectivity index (χ0v) is 50.8. The Morgan fingerprint density at radius 2 is 0.667 bits per heavy atom. The first kappa shape index (κ1) is 74.3. The Morgan fingerprint density at radius 3 is 0.788 bits per heavy atom. The van der Waals surface area contributed by atoms with Gasteiger partial charge in [-0.1, -0.05) is 201 Å². The molecule has 0 N–H and O–H groups in total. The van der Waals surface area contributed by atoms with E-state index in [0.717, 1.165) is 0 Å². The highest BCUT2D eigenvalue weighted by molar-refractivity contribution is 6.69. The Labute approximate surface area is 416 Å². The standard InChI is InChI=1S/2C12H12Si.C6H16OSi.C5H12O4.2C4H12Si.3C3H6O.CH4/c2*1-3-7-11(8-4-1)13-12-9-5-2-6-10-12;1-6(2)7-8(3,4)5;1-6-3-8-5-9-4-7-2;2*1-3-5-4-2;3*1-3(2)4;/h2*1-10H,13H2;6H,1-5H3;3-5H2,1-2H3;2*3-5H2,1-2H3;3*1-2H3;1H4. The number of carbonyl (C=O) groups excluding carboxylic acids is 3. The molecular weight excluding hydrogens is 905 g/mol. The Hall–Kier alpha value is -3.23. The second-order valence-electron chi connectivity index (χ2n) is 16.3. The van der Waals surface area contributed by atoms with Gasteiger partial charge in [-0.2, -0.15) is 0 Å². The summed E-state index contributed by atoms with van der Waals surface area (Å²) in [4.78, 5) is 28.3. The summed E-state index contributed by atoms with van der Waals surface area (Å²) < 4.78 is 24.3. The van der Waals surface area contributed by atoms with Gasteiger partial charge in [0.1, 0.15) is 30.9 Å². The lowest BCUT2D eigenvalue weighted by atomic mass is 10.4. The fourth-order valence-corrected chi connectivity index (χ4v) is 10.4. The first-order chi connectivity index (χ1) is 30.8. The van der Waals surface area contributed by atoms with Gasteiger partial charge in [0.25, 0.3) is 0 Å². The van der Waals surface area contributed by atoms with Crippen LogP contribution < -0.4 is 20.7 Å². The Balaban J connectivity index is -0.000000160. The fraction of sp³-hybridized carbons (Fsp3) is 0.491. The van der Waals surface area contributed by atoms with Gasteiger partial charge in [0.15, 0.2) is 15.1 Å². The molecule has 0 heterocycles. The molecule has 0 aliphatic heterocycles. The molecule has 13 heteroatoms. The molecule has 0 atom stereocenters. The molecular formula is C53H98O8Si5. The van der Waals surface area contributed by atoms with Crippen LogP contribution in [0.15, 0.2) is 121 Å². The number of hydrogen-bond acceptors (Lipinski definition) is 8. The zero-order chi connectivity index (χ0) is 50.6. The number of carbonyl (C=O) groups is 3. The van der Waals surface area contributed by atoms with E-state index in [9.17, 15) is 14.4 Å². The van der Waals surface area contributed by atoms with E-state index < -0.39 is 8.32 Å². The molecule has 0 spiro atoms. The molecule has 0 aromatic heterocycles. The van der Waals surface area contributed by atoms with Gasteiger partial charge < -0.3 is 37.8 Å². The predicted octanol–water partition coefficient (Wildman–Crippen LogP) is 8.53. The molecule has 378 valence electrons. The van der Waals surface area contributed by atoms with E-state index >= 15 is 0 Å². The first-order valence-corrected chi connectivity index (χ1v) is 33.4. The minimum Gasteiger partial charge on any atom is -0.415 e. The highest BCUT2D eigenvalue weighted by Gasteiger charge is 2.15. The van der Waals surface area contributed by atoms with Crippen LogP contribution in [-0.2, 0) is 37.8 Å². The topological polar surface area (TPSA) is 97.4 Å². The third-order valence-corrected chi connectivity index (χ3v) is 14.3. The van der Waals surface area contributed by atoms with Crippen LogP contribution in [-0.4, -0.2) is 104 Å². The summed E-state index contributed by atoms with van der Waals surface area (Å²) in [6, 6.07) is 48.9. The van der Waals surface area contributed by atoms with Crippen molar-refractivity contribution in [2.45, 2.75) is 140 Å². The molecule has 0 aliphatic rings. The average Bonchev–Trinajstić information content (AvgIpc) is 3.23. The highest BCUT2D eigenvalue weighted by Crippen LogP contribution is 2.05. The summed E-state index contributed by atoms with van der Waals surface area (Å²) in [6.45, 7) is 29.7. The van der Waals surface area contributed by atoms with Gasteiger partial charge in [-0.25, -0.2) is 0 Å². The van der Waals surface area contributed by atoms with Gasteiger partial charge in [0.2, 0.25) is 0 Å². The van der Waals surface area contributed by atoms with Gasteiger partial charge in [-0.15, -0.1) is 0 Å². The predicted molar refractivity (Wildman–Crippen MR) is 307 cm³/mol. The molecule has 8 nitrogen and oxygen atoms in total. The molecule has 0 aliphatic carbocycles. The molecule has 0 unspecified atom stereocenters. The zero-order valence-electron chi connectivity index (χ0n) is 44.2. The summed E-state index contributed by atoms with van der Waals surface area (Å²) in [7, 11) is 2.28. The van der Waals surface area contributed by atoms with Crippen LogP contribution in [0.3, 0.4) is 0 Å². The monoisotopic (exact) mass is 1000 g/mol. The van der Waals surface area contributed by atoms with E-state index in [1.54, 1.807) is 14.2 Å². The Morgan fingerprint density at radius 1 is 0.455 bits per heavy atom. The minimum absolute atomic E-state index is 0. The lowest BCUT2D eigenvalue weighted by Gasteiger charge is -2.19. The van der Waals surface area contributed by atoms with Crippen molar-refractivity contribution in [3.05, 3.63) is 121 Å². The van der Waals surface area contributed by atoms with Gasteiger partial charge in [0.05, 0.1) is 19.0 Å². The molecule has 4 rings (SSSR count). The van der Waals surface area contributed by atoms with Gasteiger partial charge >= 0.3 is 0 Å². The van der Waals surface area contributed by atoms with Gasteiger partial charge in [-0.05, 0) is 75.0 Å². The number of methoxy groups -OCH3 is 2. The van der Waals surface area contributed by atoms with E-state index in [2.05, 4.69) is 192 Å². The number of benzene rings is 4. The molecule has 66 heavy (non-hydrogen) atoms. The van der Waals surface area contributed by atoms with E-state index in [-0.39, 0.29) is 64.2 Å². The van der Waals surface area contributed by atoms with Crippen LogP contribution in [0.4, 0.5) is 0 Å².